The lowest BCUT2D eigenvalue weighted by atomic mass is 9.96. The summed E-state index contributed by atoms with van der Waals surface area (Å²) in [5.41, 5.74) is 0. The second kappa shape index (κ2) is 4.79. The number of aliphatic hydroxyl groups excluding tert-OH is 1. The topological polar surface area (TPSA) is 73.9 Å². The Morgan fingerprint density at radius 1 is 1.67 bits per heavy atom. The van der Waals surface area contributed by atoms with Crippen LogP contribution < -0.4 is 5.90 Å². The third-order valence-corrected chi connectivity index (χ3v) is 1.92. The molecule has 3 atom stereocenters. The van der Waals surface area contributed by atoms with Crippen LogP contribution >= 0.6 is 0 Å². The number of aliphatic hydroxyl groups is 1. The van der Waals surface area contributed by atoms with Crippen LogP contribution in [0, 0.1) is 0 Å². The quantitative estimate of drug-likeness (QED) is 0.292. The molecule has 1 heterocycles. The zero-order valence-electron chi connectivity index (χ0n) is 7.10. The summed E-state index contributed by atoms with van der Waals surface area (Å²) in [4.78, 5) is 4.27. The molecule has 6 heteroatoms. The summed E-state index contributed by atoms with van der Waals surface area (Å²) in [6, 6.07) is 0.130. The molecule has 3 N–H and O–H groups in total. The first kappa shape index (κ1) is 9.95. The molecule has 0 amide bonds. The maximum absolute atomic E-state index is 8.88. The Bertz CT molecular complexity index is 137. The summed E-state index contributed by atoms with van der Waals surface area (Å²) in [7, 11) is 1.94. The van der Waals surface area contributed by atoms with Gasteiger partial charge in [0.15, 0.2) is 6.79 Å². The van der Waals surface area contributed by atoms with E-state index >= 15 is 0 Å². The van der Waals surface area contributed by atoms with E-state index in [9.17, 15) is 0 Å². The molecule has 1 fully saturated rings. The average molecular weight is 175 g/mol. The SMILES string of the molecule is B[C@H]1C[C@@H](OCON)[C@@H](CO)O1. The molecule has 0 aromatic rings. The zero-order valence-corrected chi connectivity index (χ0v) is 7.10. The molecule has 0 spiro atoms. The molecule has 1 saturated heterocycles. The van der Waals surface area contributed by atoms with Crippen LogP contribution in [-0.2, 0) is 14.3 Å². The lowest BCUT2D eigenvalue weighted by Crippen LogP contribution is -2.29. The molecule has 1 aliphatic heterocycles. The van der Waals surface area contributed by atoms with Gasteiger partial charge in [-0.25, -0.2) is 5.90 Å². The highest BCUT2D eigenvalue weighted by Gasteiger charge is 2.32. The number of rotatable bonds is 4. The number of ether oxygens (including phenoxy) is 2. The van der Waals surface area contributed by atoms with Crippen molar-refractivity contribution in [3.05, 3.63) is 0 Å². The molecule has 0 aromatic heterocycles. The highest BCUT2D eigenvalue weighted by atomic mass is 16.7. The van der Waals surface area contributed by atoms with Gasteiger partial charge in [-0.1, -0.05) is 0 Å². The van der Waals surface area contributed by atoms with E-state index in [0.29, 0.717) is 0 Å². The lowest BCUT2D eigenvalue weighted by molar-refractivity contribution is -0.116. The fraction of sp³-hybridized carbons (Fsp3) is 1.00. The first-order valence-corrected chi connectivity index (χ1v) is 3.97. The Morgan fingerprint density at radius 2 is 2.42 bits per heavy atom. The lowest BCUT2D eigenvalue weighted by Gasteiger charge is -2.15. The molecule has 0 aromatic carbocycles. The minimum absolute atomic E-state index is 0.0282. The van der Waals surface area contributed by atoms with Gasteiger partial charge in [-0.05, 0) is 6.42 Å². The van der Waals surface area contributed by atoms with Crippen molar-refractivity contribution >= 4 is 7.85 Å². The summed E-state index contributed by atoms with van der Waals surface area (Å²) < 4.78 is 10.5. The van der Waals surface area contributed by atoms with Crippen molar-refractivity contribution in [1.82, 2.24) is 0 Å². The Hall–Kier alpha value is -0.135. The Kier molecular flexibility index (Phi) is 3.97. The number of hydrogen-bond acceptors (Lipinski definition) is 5. The van der Waals surface area contributed by atoms with E-state index in [1.165, 1.54) is 0 Å². The molecule has 0 unspecified atom stereocenters. The van der Waals surface area contributed by atoms with E-state index in [1.807, 2.05) is 7.85 Å². The fourth-order valence-corrected chi connectivity index (χ4v) is 1.38. The van der Waals surface area contributed by atoms with Crippen molar-refractivity contribution in [2.45, 2.75) is 24.6 Å². The van der Waals surface area contributed by atoms with Gasteiger partial charge in [-0.2, -0.15) is 0 Å². The molecule has 12 heavy (non-hydrogen) atoms. The monoisotopic (exact) mass is 175 g/mol. The smallest absolute Gasteiger partial charge is 0.167 e. The van der Waals surface area contributed by atoms with Crippen molar-refractivity contribution in [2.24, 2.45) is 5.90 Å². The number of nitrogens with two attached hydrogens (primary N) is 1. The van der Waals surface area contributed by atoms with Crippen LogP contribution in [0.2, 0.25) is 0 Å². The van der Waals surface area contributed by atoms with Gasteiger partial charge in [-0.3, -0.25) is 4.84 Å². The Labute approximate surface area is 72.1 Å². The van der Waals surface area contributed by atoms with Crippen LogP contribution in [0.4, 0.5) is 0 Å². The second-order valence-electron chi connectivity index (χ2n) is 2.89. The van der Waals surface area contributed by atoms with E-state index in [0.717, 1.165) is 6.42 Å². The van der Waals surface area contributed by atoms with Crippen LogP contribution in [0.25, 0.3) is 0 Å². The maximum atomic E-state index is 8.88. The Balaban J connectivity index is 2.30. The standard InChI is InChI=1S/C6H14BNO4/c7-6-1-4(10-3-11-8)5(2-9)12-6/h4-6,9H,1-3,7-8H2/t4-,5-,6-/m1/s1. The van der Waals surface area contributed by atoms with Gasteiger partial charge >= 0.3 is 0 Å². The number of hydrogen-bond donors (Lipinski definition) is 2. The molecule has 1 rings (SSSR count). The molecule has 1 aliphatic rings. The summed E-state index contributed by atoms with van der Waals surface area (Å²) >= 11 is 0. The van der Waals surface area contributed by atoms with Gasteiger partial charge in [0.05, 0.1) is 12.7 Å². The van der Waals surface area contributed by atoms with Crippen molar-refractivity contribution in [3.8, 4) is 0 Å². The second-order valence-corrected chi connectivity index (χ2v) is 2.89. The van der Waals surface area contributed by atoms with E-state index in [4.69, 9.17) is 20.5 Å². The molecular formula is C6H14BNO4. The molecule has 0 radical (unpaired) electrons. The summed E-state index contributed by atoms with van der Waals surface area (Å²) in [6.07, 6.45) is 0.429. The van der Waals surface area contributed by atoms with Gasteiger partial charge in [0.25, 0.3) is 0 Å². The van der Waals surface area contributed by atoms with Gasteiger partial charge in [0.2, 0.25) is 0 Å². The summed E-state index contributed by atoms with van der Waals surface area (Å²) in [5, 5.41) is 8.88. The van der Waals surface area contributed by atoms with Crippen LogP contribution in [-0.4, -0.2) is 44.6 Å². The van der Waals surface area contributed by atoms with Gasteiger partial charge < -0.3 is 14.6 Å². The normalized spacial score (nSPS) is 35.7. The van der Waals surface area contributed by atoms with E-state index in [-0.39, 0.29) is 31.6 Å². The molecule has 5 nitrogen and oxygen atoms in total. The fourth-order valence-electron chi connectivity index (χ4n) is 1.38. The molecule has 70 valence electrons. The van der Waals surface area contributed by atoms with Gasteiger partial charge in [0.1, 0.15) is 14.0 Å². The third kappa shape index (κ3) is 2.43. The third-order valence-electron chi connectivity index (χ3n) is 1.92. The van der Waals surface area contributed by atoms with Crippen molar-refractivity contribution < 1.29 is 19.4 Å². The predicted octanol–water partition coefficient (Wildman–Crippen LogP) is -2.04. The first-order chi connectivity index (χ1) is 5.77. The van der Waals surface area contributed by atoms with Gasteiger partial charge in [0, 0.05) is 6.00 Å². The van der Waals surface area contributed by atoms with Crippen LogP contribution in [0.1, 0.15) is 6.42 Å². The van der Waals surface area contributed by atoms with Crippen LogP contribution in [0.5, 0.6) is 0 Å². The summed E-state index contributed by atoms with van der Waals surface area (Å²) in [5.74, 6) is 4.80. The summed E-state index contributed by atoms with van der Waals surface area (Å²) in [6.45, 7) is 0.0107. The minimum Gasteiger partial charge on any atom is -0.394 e. The largest absolute Gasteiger partial charge is 0.394 e. The van der Waals surface area contributed by atoms with Crippen LogP contribution in [0.15, 0.2) is 0 Å². The zero-order chi connectivity index (χ0) is 8.97. The maximum Gasteiger partial charge on any atom is 0.167 e. The highest BCUT2D eigenvalue weighted by molar-refractivity contribution is 6.11. The van der Waals surface area contributed by atoms with Crippen molar-refractivity contribution in [3.63, 3.8) is 0 Å². The minimum atomic E-state index is -0.241. The average Bonchev–Trinajstić information content (AvgIpc) is 2.42. The molecule has 0 bridgehead atoms. The predicted molar refractivity (Wildman–Crippen MR) is 43.9 cm³/mol. The van der Waals surface area contributed by atoms with E-state index < -0.39 is 0 Å². The molecule has 0 aliphatic carbocycles. The van der Waals surface area contributed by atoms with Crippen molar-refractivity contribution in [1.29, 1.82) is 0 Å². The van der Waals surface area contributed by atoms with E-state index in [2.05, 4.69) is 4.84 Å². The van der Waals surface area contributed by atoms with Gasteiger partial charge in [-0.15, -0.1) is 0 Å². The highest BCUT2D eigenvalue weighted by Crippen LogP contribution is 2.20. The molecule has 0 saturated carbocycles. The van der Waals surface area contributed by atoms with E-state index in [1.54, 1.807) is 0 Å². The Morgan fingerprint density at radius 3 is 3.00 bits per heavy atom. The molecular weight excluding hydrogens is 161 g/mol. The first-order valence-electron chi connectivity index (χ1n) is 3.97. The van der Waals surface area contributed by atoms with Crippen LogP contribution in [0.3, 0.4) is 0 Å². The van der Waals surface area contributed by atoms with Crippen molar-refractivity contribution in [2.75, 3.05) is 13.4 Å².